The zero-order valence-electron chi connectivity index (χ0n) is 33.5. The van der Waals surface area contributed by atoms with E-state index < -0.39 is 65.4 Å². The topological polar surface area (TPSA) is 251 Å². The molecule has 0 bridgehead atoms. The fourth-order valence-corrected chi connectivity index (χ4v) is 6.14. The number of hydrazine groups is 1. The number of nitrogens with zero attached hydrogens (tertiary/aromatic N) is 3. The van der Waals surface area contributed by atoms with Gasteiger partial charge in [-0.3, -0.25) is 33.8 Å². The normalized spacial score (nSPS) is 15.5. The van der Waals surface area contributed by atoms with Crippen molar-refractivity contribution < 1.29 is 38.6 Å². The Morgan fingerprint density at radius 3 is 2.18 bits per heavy atom. The first-order valence-electron chi connectivity index (χ1n) is 18.9. The monoisotopic (exact) mass is 813 g/mol. The van der Waals surface area contributed by atoms with Gasteiger partial charge in [0, 0.05) is 32.4 Å². The highest BCUT2D eigenvalue weighted by Gasteiger charge is 2.38. The van der Waals surface area contributed by atoms with E-state index in [9.17, 15) is 28.8 Å². The lowest BCUT2D eigenvalue weighted by Crippen LogP contribution is -2.56. The van der Waals surface area contributed by atoms with E-state index in [0.717, 1.165) is 12.0 Å². The van der Waals surface area contributed by atoms with E-state index in [1.807, 2.05) is 39.0 Å². The van der Waals surface area contributed by atoms with E-state index in [0.29, 0.717) is 31.4 Å². The van der Waals surface area contributed by atoms with Gasteiger partial charge < -0.3 is 41.9 Å². The number of Topliss-reactive ketones (excluding diaryl/α,β-unsaturated/α-hetero) is 1. The number of methoxy groups -OCH3 is 1. The van der Waals surface area contributed by atoms with Gasteiger partial charge in [0.1, 0.15) is 17.9 Å². The number of amidine groups is 1. The van der Waals surface area contributed by atoms with Crippen molar-refractivity contribution in [3.05, 3.63) is 71.8 Å². The number of nitrogens with two attached hydrogens (primary N) is 2. The molecule has 0 saturated carbocycles. The summed E-state index contributed by atoms with van der Waals surface area (Å²) in [6.07, 6.45) is 2.34. The molecule has 0 radical (unpaired) electrons. The number of carbonyl (C=O) groups is 6. The van der Waals surface area contributed by atoms with Crippen LogP contribution in [0.1, 0.15) is 77.0 Å². The summed E-state index contributed by atoms with van der Waals surface area (Å²) in [5, 5.41) is 23.7. The van der Waals surface area contributed by atoms with Crippen LogP contribution >= 0.6 is 9.24 Å². The maximum absolute atomic E-state index is 13.4. The summed E-state index contributed by atoms with van der Waals surface area (Å²) in [4.78, 5) is 79.9. The first kappa shape index (κ1) is 48.2. The Bertz CT molecular complexity index is 1640. The molecule has 314 valence electrons. The number of aliphatic hydroxyl groups excluding tert-OH is 1. The minimum Gasteiger partial charge on any atom is -0.396 e. The van der Waals surface area contributed by atoms with Crippen LogP contribution < -0.4 is 33.0 Å². The Morgan fingerprint density at radius 2 is 1.63 bits per heavy atom. The molecule has 1 heterocycles. The van der Waals surface area contributed by atoms with Crippen LogP contribution in [0, 0.1) is 0 Å². The van der Waals surface area contributed by atoms with E-state index in [1.54, 1.807) is 56.5 Å². The molecule has 1 aliphatic rings. The number of rotatable bonds is 18. The van der Waals surface area contributed by atoms with Gasteiger partial charge in [-0.05, 0) is 57.6 Å². The molecule has 2 aromatic carbocycles. The molecule has 9 N–H and O–H groups in total. The second-order valence-corrected chi connectivity index (χ2v) is 15.0. The van der Waals surface area contributed by atoms with Crippen LogP contribution in [0.3, 0.4) is 0 Å². The van der Waals surface area contributed by atoms with Gasteiger partial charge in [0.05, 0.1) is 19.0 Å². The van der Waals surface area contributed by atoms with Crippen LogP contribution in [0.25, 0.3) is 0 Å². The number of nitrogens with one attached hydrogen (secondary N) is 4. The SMILES string of the molecule is CCCC(NC(=O)[C@@H]1CCCN1C(=O)[C@H](P)NC(=O)Cc1ccccc1)C(=O)C(=O)NCC(=O)NC(/C(=N/N)N(N)C(C)(C)C)c1ccccc1.COCCCO. The zero-order valence-corrected chi connectivity index (χ0v) is 34.7. The number of aliphatic hydroxyl groups is 1. The van der Waals surface area contributed by atoms with Crippen molar-refractivity contribution in [1.29, 1.82) is 0 Å². The highest BCUT2D eigenvalue weighted by molar-refractivity contribution is 7.19. The molecule has 3 unspecified atom stereocenters. The number of carbonyl (C=O) groups excluding carboxylic acids is 6. The second-order valence-electron chi connectivity index (χ2n) is 14.3. The molecular formula is C39H60N9O8P. The molecule has 0 aliphatic carbocycles. The Hall–Kier alpha value is -4.96. The number of hydrogen-bond acceptors (Lipinski definition) is 11. The Morgan fingerprint density at radius 1 is 1.00 bits per heavy atom. The average Bonchev–Trinajstić information content (AvgIpc) is 3.69. The first-order valence-corrected chi connectivity index (χ1v) is 19.5. The molecule has 57 heavy (non-hydrogen) atoms. The van der Waals surface area contributed by atoms with Crippen LogP contribution in [0.4, 0.5) is 0 Å². The Balaban J connectivity index is 0.00000173. The van der Waals surface area contributed by atoms with Crippen molar-refractivity contribution in [2.75, 3.05) is 33.4 Å². The fourth-order valence-electron chi connectivity index (χ4n) is 5.76. The van der Waals surface area contributed by atoms with Gasteiger partial charge in [0.2, 0.25) is 29.4 Å². The summed E-state index contributed by atoms with van der Waals surface area (Å²) in [6.45, 7) is 7.94. The summed E-state index contributed by atoms with van der Waals surface area (Å²) in [7, 11) is 3.92. The summed E-state index contributed by atoms with van der Waals surface area (Å²) >= 11 is 0. The molecule has 1 fully saturated rings. The van der Waals surface area contributed by atoms with Crippen LogP contribution in [0.2, 0.25) is 0 Å². The number of likely N-dealkylation sites (tertiary alicyclic amines) is 1. The second kappa shape index (κ2) is 24.6. The van der Waals surface area contributed by atoms with E-state index in [4.69, 9.17) is 16.8 Å². The van der Waals surface area contributed by atoms with Gasteiger partial charge in [-0.1, -0.05) is 74.0 Å². The van der Waals surface area contributed by atoms with Crippen molar-refractivity contribution in [1.82, 2.24) is 31.2 Å². The number of benzene rings is 2. The molecule has 1 saturated heterocycles. The van der Waals surface area contributed by atoms with Gasteiger partial charge in [-0.2, -0.15) is 5.10 Å². The van der Waals surface area contributed by atoms with E-state index in [1.165, 1.54) is 9.91 Å². The van der Waals surface area contributed by atoms with Crippen LogP contribution in [0.15, 0.2) is 65.8 Å². The van der Waals surface area contributed by atoms with Crippen molar-refractivity contribution in [2.24, 2.45) is 16.8 Å². The maximum Gasteiger partial charge on any atom is 0.290 e. The lowest BCUT2D eigenvalue weighted by Gasteiger charge is -2.36. The largest absolute Gasteiger partial charge is 0.396 e. The van der Waals surface area contributed by atoms with Gasteiger partial charge in [0.25, 0.3) is 5.91 Å². The Labute approximate surface area is 337 Å². The number of ketones is 1. The highest BCUT2D eigenvalue weighted by Crippen LogP contribution is 2.22. The third-order valence-electron chi connectivity index (χ3n) is 8.78. The summed E-state index contributed by atoms with van der Waals surface area (Å²) in [5.74, 6) is 7.16. The zero-order chi connectivity index (χ0) is 42.5. The van der Waals surface area contributed by atoms with E-state index in [-0.39, 0.29) is 37.7 Å². The van der Waals surface area contributed by atoms with E-state index >= 15 is 0 Å². The third-order valence-corrected chi connectivity index (χ3v) is 9.23. The molecule has 2 aromatic rings. The number of hydrogen-bond donors (Lipinski definition) is 7. The number of hydrazone groups is 1. The lowest BCUT2D eigenvalue weighted by atomic mass is 10.0. The van der Waals surface area contributed by atoms with Crippen molar-refractivity contribution in [3.8, 4) is 0 Å². The molecule has 17 nitrogen and oxygen atoms in total. The van der Waals surface area contributed by atoms with Crippen LogP contribution in [0.5, 0.6) is 0 Å². The summed E-state index contributed by atoms with van der Waals surface area (Å²) < 4.78 is 4.62. The molecule has 3 rings (SSSR count). The van der Waals surface area contributed by atoms with E-state index in [2.05, 4.69) is 40.3 Å². The minimum absolute atomic E-state index is 0.0908. The van der Waals surface area contributed by atoms with Crippen molar-refractivity contribution in [3.63, 3.8) is 0 Å². The average molecular weight is 814 g/mol. The fraction of sp³-hybridized carbons (Fsp3) is 0.513. The molecule has 5 amide bonds. The molecule has 18 heteroatoms. The van der Waals surface area contributed by atoms with Gasteiger partial charge in [-0.25, -0.2) is 5.84 Å². The third kappa shape index (κ3) is 15.8. The first-order chi connectivity index (χ1) is 27.1. The van der Waals surface area contributed by atoms with Crippen LogP contribution in [-0.2, 0) is 39.9 Å². The summed E-state index contributed by atoms with van der Waals surface area (Å²) in [5.41, 5.74) is 0.818. The quantitative estimate of drug-likeness (QED) is 0.0209. The molecular weight excluding hydrogens is 753 g/mol. The highest BCUT2D eigenvalue weighted by atomic mass is 31.0. The van der Waals surface area contributed by atoms with Crippen molar-refractivity contribution >= 4 is 50.4 Å². The maximum atomic E-state index is 13.4. The minimum atomic E-state index is -1.19. The van der Waals surface area contributed by atoms with Crippen molar-refractivity contribution in [2.45, 2.75) is 95.7 Å². The molecule has 0 aromatic heterocycles. The standard InChI is InChI=1S/C35H50N9O6P.C4H10O2/c1-5-13-24(39-31(48)25-18-12-19-43(25)34(50)33(51)41-26(45)20-22-14-8-6-9-15-22)29(47)32(49)38-21-27(46)40-28(23-16-10-7-11-17-23)30(42-36)44(37)35(2,3)4;1-6-4-2-3-5/h6-11,14-17,24-25,28,33H,5,12-13,18-21,36-37,51H2,1-4H3,(H,38,49)(H,39,48)(H,40,46)(H,41,45);5H,2-4H2,1H3/b42-30-;/t24?,25-,28?,33-;/m0./s1. The molecule has 0 spiro atoms. The smallest absolute Gasteiger partial charge is 0.290 e. The van der Waals surface area contributed by atoms with Gasteiger partial charge >= 0.3 is 0 Å². The van der Waals surface area contributed by atoms with Gasteiger partial charge in [-0.15, -0.1) is 9.24 Å². The van der Waals surface area contributed by atoms with Crippen LogP contribution in [-0.4, -0.2) is 113 Å². The molecule has 1 aliphatic heterocycles. The Kier molecular flexibility index (Phi) is 20.8. The number of amides is 5. The predicted octanol–water partition coefficient (Wildman–Crippen LogP) is 0.627. The predicted molar refractivity (Wildman–Crippen MR) is 220 cm³/mol. The lowest BCUT2D eigenvalue weighted by molar-refractivity contribution is -0.142. The summed E-state index contributed by atoms with van der Waals surface area (Å²) in [6, 6.07) is 15.0. The van der Waals surface area contributed by atoms with Gasteiger partial charge in [0.15, 0.2) is 5.84 Å². The number of ether oxygens (including phenoxy) is 1. The molecule has 5 atom stereocenters.